The van der Waals surface area contributed by atoms with E-state index in [1.807, 2.05) is 0 Å². The maximum Gasteiger partial charge on any atom is 1.00 e. The Morgan fingerprint density at radius 1 is 1.00 bits per heavy atom. The largest absolute Gasteiger partial charge is 1.00 e. The number of carbonyl (C=O) groups is 1. The summed E-state index contributed by atoms with van der Waals surface area (Å²) in [6, 6.07) is 0. The normalized spacial score (nSPS) is 12.7. The smallest absolute Gasteiger partial charge is 0.746 e. The minimum Gasteiger partial charge on any atom is -0.746 e. The van der Waals surface area contributed by atoms with E-state index < -0.39 is 22.0 Å². The van der Waals surface area contributed by atoms with Gasteiger partial charge in [0.05, 0.1) is 0 Å². The van der Waals surface area contributed by atoms with E-state index in [1.54, 1.807) is 0 Å². The SMILES string of the molecule is CCCCCCCCCCCC(=O)CC(O)S(=O)(=O)[O-].[Na+]. The van der Waals surface area contributed by atoms with Crippen molar-refractivity contribution in [1.82, 2.24) is 0 Å². The molecule has 0 aliphatic rings. The molecule has 1 atom stereocenters. The van der Waals surface area contributed by atoms with Gasteiger partial charge >= 0.3 is 29.6 Å². The summed E-state index contributed by atoms with van der Waals surface area (Å²) in [6.45, 7) is 2.19. The molecule has 0 saturated carbocycles. The summed E-state index contributed by atoms with van der Waals surface area (Å²) < 4.78 is 31.3. The Kier molecular flexibility index (Phi) is 16.0. The van der Waals surface area contributed by atoms with Gasteiger partial charge < -0.3 is 9.66 Å². The van der Waals surface area contributed by atoms with Crippen LogP contribution in [-0.2, 0) is 14.9 Å². The predicted molar refractivity (Wildman–Crippen MR) is 77.2 cm³/mol. The van der Waals surface area contributed by atoms with E-state index in [0.29, 0.717) is 6.42 Å². The van der Waals surface area contributed by atoms with Crippen molar-refractivity contribution < 1.29 is 52.4 Å². The summed E-state index contributed by atoms with van der Waals surface area (Å²) >= 11 is 0. The van der Waals surface area contributed by atoms with E-state index in [-0.39, 0.29) is 41.8 Å². The Hall–Kier alpha value is 0.540. The summed E-state index contributed by atoms with van der Waals surface area (Å²) in [4.78, 5) is 11.3. The van der Waals surface area contributed by atoms with Crippen molar-refractivity contribution in [3.63, 3.8) is 0 Å². The molecule has 0 aromatic carbocycles. The van der Waals surface area contributed by atoms with Crippen LogP contribution in [-0.4, -0.2) is 29.3 Å². The number of ketones is 1. The fourth-order valence-electron chi connectivity index (χ4n) is 2.03. The third-order valence-electron chi connectivity index (χ3n) is 3.29. The second-order valence-corrected chi connectivity index (χ2v) is 6.80. The molecule has 0 heterocycles. The summed E-state index contributed by atoms with van der Waals surface area (Å²) in [5, 5.41) is 8.98. The molecule has 0 fully saturated rings. The van der Waals surface area contributed by atoms with Gasteiger partial charge in [0.25, 0.3) is 0 Å². The molecule has 0 bridgehead atoms. The van der Waals surface area contributed by atoms with Crippen LogP contribution in [0.3, 0.4) is 0 Å². The summed E-state index contributed by atoms with van der Waals surface area (Å²) in [5.41, 5.74) is -2.09. The van der Waals surface area contributed by atoms with E-state index in [1.165, 1.54) is 32.1 Å². The molecule has 21 heavy (non-hydrogen) atoms. The number of carbonyl (C=O) groups excluding carboxylic acids is 1. The molecule has 1 N–H and O–H groups in total. The Morgan fingerprint density at radius 2 is 1.43 bits per heavy atom. The number of aliphatic hydroxyl groups excluding tert-OH is 1. The van der Waals surface area contributed by atoms with Crippen molar-refractivity contribution in [2.75, 3.05) is 0 Å². The Morgan fingerprint density at radius 3 is 1.86 bits per heavy atom. The van der Waals surface area contributed by atoms with Crippen LogP contribution in [0.5, 0.6) is 0 Å². The van der Waals surface area contributed by atoms with E-state index in [9.17, 15) is 17.8 Å². The molecule has 0 aromatic rings. The summed E-state index contributed by atoms with van der Waals surface area (Å²) in [7, 11) is -4.76. The van der Waals surface area contributed by atoms with Gasteiger partial charge in [-0.05, 0) is 6.42 Å². The van der Waals surface area contributed by atoms with E-state index in [4.69, 9.17) is 5.11 Å². The zero-order chi connectivity index (χ0) is 15.4. The van der Waals surface area contributed by atoms with Gasteiger partial charge in [0.15, 0.2) is 0 Å². The second kappa shape index (κ2) is 14.2. The topological polar surface area (TPSA) is 94.5 Å². The van der Waals surface area contributed by atoms with Gasteiger partial charge in [0, 0.05) is 12.8 Å². The van der Waals surface area contributed by atoms with E-state index in [2.05, 4.69) is 6.92 Å². The van der Waals surface area contributed by atoms with Crippen molar-refractivity contribution >= 4 is 15.9 Å². The van der Waals surface area contributed by atoms with Crippen molar-refractivity contribution in [3.05, 3.63) is 0 Å². The zero-order valence-electron chi connectivity index (χ0n) is 13.3. The Labute approximate surface area is 150 Å². The number of hydrogen-bond acceptors (Lipinski definition) is 5. The first-order chi connectivity index (χ1) is 9.38. The van der Waals surface area contributed by atoms with Crippen LogP contribution in [0.1, 0.15) is 77.6 Å². The van der Waals surface area contributed by atoms with Gasteiger partial charge in [0.1, 0.15) is 21.3 Å². The van der Waals surface area contributed by atoms with E-state index >= 15 is 0 Å². The van der Waals surface area contributed by atoms with Crippen LogP contribution in [0, 0.1) is 0 Å². The molecule has 0 saturated heterocycles. The fraction of sp³-hybridized carbons (Fsp3) is 0.929. The van der Waals surface area contributed by atoms with Crippen LogP contribution in [0.2, 0.25) is 0 Å². The second-order valence-electron chi connectivity index (χ2n) is 5.27. The monoisotopic (exact) mass is 330 g/mol. The number of aliphatic hydroxyl groups is 1. The predicted octanol–water partition coefficient (Wildman–Crippen LogP) is -0.266. The minimum absolute atomic E-state index is 0. The molecule has 5 nitrogen and oxygen atoms in total. The average molecular weight is 330 g/mol. The van der Waals surface area contributed by atoms with Crippen LogP contribution in [0.25, 0.3) is 0 Å². The Balaban J connectivity index is 0. The summed E-state index contributed by atoms with van der Waals surface area (Å²) in [6.07, 6.45) is 9.83. The molecule has 0 aliphatic carbocycles. The van der Waals surface area contributed by atoms with Crippen molar-refractivity contribution in [2.45, 2.75) is 83.0 Å². The van der Waals surface area contributed by atoms with Gasteiger partial charge in [-0.2, -0.15) is 0 Å². The van der Waals surface area contributed by atoms with Crippen molar-refractivity contribution in [2.24, 2.45) is 0 Å². The van der Waals surface area contributed by atoms with Gasteiger partial charge in [-0.15, -0.1) is 0 Å². The van der Waals surface area contributed by atoms with Crippen LogP contribution in [0.15, 0.2) is 0 Å². The quantitative estimate of drug-likeness (QED) is 0.285. The standard InChI is InChI=1S/C14H28O5S.Na/c1-2-3-4-5-6-7-8-9-10-11-13(15)12-14(16)20(17,18)19;/h14,16H,2-12H2,1H3,(H,17,18,19);/q;+1/p-1. The maximum absolute atomic E-state index is 11.3. The first kappa shape index (κ1) is 23.8. The molecule has 120 valence electrons. The fourth-order valence-corrected chi connectivity index (χ4v) is 2.42. The molecule has 0 aromatic heterocycles. The minimum atomic E-state index is -4.76. The summed E-state index contributed by atoms with van der Waals surface area (Å²) in [5.74, 6) is -0.361. The molecular weight excluding hydrogens is 303 g/mol. The average Bonchev–Trinajstić information content (AvgIpc) is 2.35. The number of hydrogen-bond donors (Lipinski definition) is 1. The van der Waals surface area contributed by atoms with Gasteiger partial charge in [-0.1, -0.05) is 58.3 Å². The third-order valence-corrected chi connectivity index (χ3v) is 4.13. The molecule has 0 radical (unpaired) electrons. The third kappa shape index (κ3) is 15.2. The van der Waals surface area contributed by atoms with Crippen molar-refractivity contribution in [3.8, 4) is 0 Å². The van der Waals surface area contributed by atoms with Crippen LogP contribution < -0.4 is 29.6 Å². The zero-order valence-corrected chi connectivity index (χ0v) is 16.2. The van der Waals surface area contributed by atoms with E-state index in [0.717, 1.165) is 19.3 Å². The molecular formula is C14H27NaO5S. The van der Waals surface area contributed by atoms with Gasteiger partial charge in [-0.25, -0.2) is 8.42 Å². The van der Waals surface area contributed by atoms with Crippen molar-refractivity contribution in [1.29, 1.82) is 0 Å². The molecule has 7 heteroatoms. The number of Topliss-reactive ketones (excluding diaryl/α,β-unsaturated/α-hetero) is 1. The van der Waals surface area contributed by atoms with Gasteiger partial charge in [-0.3, -0.25) is 4.79 Å². The molecule has 0 rings (SSSR count). The molecule has 0 amide bonds. The molecule has 0 aliphatic heterocycles. The number of unbranched alkanes of at least 4 members (excludes halogenated alkanes) is 8. The van der Waals surface area contributed by atoms with Gasteiger partial charge in [0.2, 0.25) is 0 Å². The Bertz CT molecular complexity index is 356. The molecule has 0 spiro atoms. The maximum atomic E-state index is 11.3. The molecule has 1 unspecified atom stereocenters. The first-order valence-corrected chi connectivity index (χ1v) is 8.99. The first-order valence-electron chi connectivity index (χ1n) is 7.52. The van der Waals surface area contributed by atoms with Crippen LogP contribution in [0.4, 0.5) is 0 Å². The van der Waals surface area contributed by atoms with Crippen LogP contribution >= 0.6 is 0 Å². The number of rotatable bonds is 13.